The molecular weight excluding hydrogens is 361 g/mol. The molecule has 2 aliphatic rings. The van der Waals surface area contributed by atoms with Crippen LogP contribution in [0.3, 0.4) is 0 Å². The third-order valence-corrected chi connectivity index (χ3v) is 5.68. The Morgan fingerprint density at radius 2 is 1.89 bits per heavy atom. The third kappa shape index (κ3) is 3.77. The van der Waals surface area contributed by atoms with Gasteiger partial charge in [0.25, 0.3) is 0 Å². The summed E-state index contributed by atoms with van der Waals surface area (Å²) < 4.78 is 38.5. The number of Topliss-reactive ketones (excluding diaryl/α,β-unsaturated/α-hetero) is 1. The fourth-order valence-electron chi connectivity index (χ4n) is 3.90. The Morgan fingerprint density at radius 3 is 2.41 bits per heavy atom. The first-order valence-electron chi connectivity index (χ1n) is 9.10. The number of aromatic nitrogens is 2. The Balaban J connectivity index is 1.69. The number of anilines is 1. The molecule has 9 heteroatoms. The number of alkyl halides is 3. The standard InChI is InChI=1S/C18H23F3N4O2/c1-12(2)17(5-3-13(26)11-17)15(27)24-7-9-25(10-8-24)16-22-6-4-14(23-16)18(19,20)21/h4,6,12H,3,5,7-11H2,1-2H3/t17-/m0/s1. The molecule has 1 amide bonds. The summed E-state index contributed by atoms with van der Waals surface area (Å²) in [6.45, 7) is 5.39. The van der Waals surface area contributed by atoms with Crippen LogP contribution in [0.15, 0.2) is 12.3 Å². The van der Waals surface area contributed by atoms with Crippen molar-refractivity contribution in [1.82, 2.24) is 14.9 Å². The van der Waals surface area contributed by atoms with Crippen LogP contribution in [0.5, 0.6) is 0 Å². The fourth-order valence-corrected chi connectivity index (χ4v) is 3.90. The van der Waals surface area contributed by atoms with E-state index in [2.05, 4.69) is 9.97 Å². The Labute approximate surface area is 155 Å². The van der Waals surface area contributed by atoms with Gasteiger partial charge in [0, 0.05) is 45.2 Å². The minimum Gasteiger partial charge on any atom is -0.339 e. The number of amides is 1. The van der Waals surface area contributed by atoms with E-state index in [4.69, 9.17) is 0 Å². The van der Waals surface area contributed by atoms with E-state index in [1.54, 1.807) is 9.80 Å². The molecule has 1 atom stereocenters. The van der Waals surface area contributed by atoms with Crippen LogP contribution in [0.4, 0.5) is 19.1 Å². The molecule has 0 unspecified atom stereocenters. The van der Waals surface area contributed by atoms with Gasteiger partial charge in [0.05, 0.1) is 5.41 Å². The Bertz CT molecular complexity index is 730. The number of hydrogen-bond acceptors (Lipinski definition) is 5. The molecule has 1 aromatic rings. The van der Waals surface area contributed by atoms with Crippen molar-refractivity contribution in [2.45, 2.75) is 39.3 Å². The van der Waals surface area contributed by atoms with Crippen LogP contribution in [0.2, 0.25) is 0 Å². The van der Waals surface area contributed by atoms with Crippen LogP contribution >= 0.6 is 0 Å². The number of piperazine rings is 1. The highest BCUT2D eigenvalue weighted by atomic mass is 19.4. The molecule has 1 saturated carbocycles. The second-order valence-corrected chi connectivity index (χ2v) is 7.55. The van der Waals surface area contributed by atoms with E-state index < -0.39 is 17.3 Å². The average molecular weight is 384 g/mol. The van der Waals surface area contributed by atoms with Gasteiger partial charge in [0.1, 0.15) is 11.5 Å². The molecule has 2 fully saturated rings. The van der Waals surface area contributed by atoms with Crippen LogP contribution in [-0.4, -0.2) is 52.7 Å². The van der Waals surface area contributed by atoms with Gasteiger partial charge in [-0.3, -0.25) is 9.59 Å². The quantitative estimate of drug-likeness (QED) is 0.801. The molecule has 0 spiro atoms. The second-order valence-electron chi connectivity index (χ2n) is 7.55. The van der Waals surface area contributed by atoms with Gasteiger partial charge in [0.15, 0.2) is 0 Å². The molecule has 0 bridgehead atoms. The zero-order valence-electron chi connectivity index (χ0n) is 15.4. The first-order chi connectivity index (χ1) is 12.6. The van der Waals surface area contributed by atoms with Crippen molar-refractivity contribution in [3.63, 3.8) is 0 Å². The maximum absolute atomic E-state index is 13.1. The number of rotatable bonds is 3. The number of carbonyl (C=O) groups excluding carboxylic acids is 2. The number of nitrogens with zero attached hydrogens (tertiary/aromatic N) is 4. The molecule has 1 aromatic heterocycles. The van der Waals surface area contributed by atoms with Crippen molar-refractivity contribution in [3.8, 4) is 0 Å². The van der Waals surface area contributed by atoms with Crippen molar-refractivity contribution in [2.24, 2.45) is 11.3 Å². The van der Waals surface area contributed by atoms with Crippen molar-refractivity contribution < 1.29 is 22.8 Å². The van der Waals surface area contributed by atoms with E-state index >= 15 is 0 Å². The molecule has 2 heterocycles. The van der Waals surface area contributed by atoms with Crippen LogP contribution in [0, 0.1) is 11.3 Å². The lowest BCUT2D eigenvalue weighted by Gasteiger charge is -2.41. The molecule has 6 nitrogen and oxygen atoms in total. The normalized spacial score (nSPS) is 24.0. The topological polar surface area (TPSA) is 66.4 Å². The lowest BCUT2D eigenvalue weighted by atomic mass is 9.74. The lowest BCUT2D eigenvalue weighted by molar-refractivity contribution is -0.146. The molecular formula is C18H23F3N4O2. The molecule has 0 N–H and O–H groups in total. The molecule has 0 radical (unpaired) electrons. The van der Waals surface area contributed by atoms with E-state index in [9.17, 15) is 22.8 Å². The summed E-state index contributed by atoms with van der Waals surface area (Å²) in [6, 6.07) is 0.840. The zero-order valence-corrected chi connectivity index (χ0v) is 15.4. The van der Waals surface area contributed by atoms with Gasteiger partial charge in [0.2, 0.25) is 11.9 Å². The first kappa shape index (κ1) is 19.6. The number of ketones is 1. The molecule has 3 rings (SSSR count). The second kappa shape index (κ2) is 7.09. The number of carbonyl (C=O) groups is 2. The molecule has 1 saturated heterocycles. The first-order valence-corrected chi connectivity index (χ1v) is 9.10. The van der Waals surface area contributed by atoms with Crippen molar-refractivity contribution in [2.75, 3.05) is 31.1 Å². The molecule has 0 aromatic carbocycles. The summed E-state index contributed by atoms with van der Waals surface area (Å²) in [5, 5.41) is 0. The van der Waals surface area contributed by atoms with E-state index in [1.807, 2.05) is 13.8 Å². The predicted molar refractivity (Wildman–Crippen MR) is 92.0 cm³/mol. The van der Waals surface area contributed by atoms with Gasteiger partial charge in [-0.1, -0.05) is 13.8 Å². The maximum Gasteiger partial charge on any atom is 0.433 e. The third-order valence-electron chi connectivity index (χ3n) is 5.68. The SMILES string of the molecule is CC(C)[C@]1(C(=O)N2CCN(c3nccc(C(F)(F)F)n3)CC2)CCC(=O)C1. The highest BCUT2D eigenvalue weighted by Gasteiger charge is 2.49. The summed E-state index contributed by atoms with van der Waals surface area (Å²) in [7, 11) is 0. The average Bonchev–Trinajstić information content (AvgIpc) is 3.04. The van der Waals surface area contributed by atoms with Crippen LogP contribution in [-0.2, 0) is 15.8 Å². The summed E-state index contributed by atoms with van der Waals surface area (Å²) >= 11 is 0. The maximum atomic E-state index is 13.1. The minimum atomic E-state index is -4.52. The molecule has 148 valence electrons. The Morgan fingerprint density at radius 1 is 1.22 bits per heavy atom. The fraction of sp³-hybridized carbons (Fsp3) is 0.667. The summed E-state index contributed by atoms with van der Waals surface area (Å²) in [5.74, 6) is 0.175. The van der Waals surface area contributed by atoms with Gasteiger partial charge in [-0.05, 0) is 18.4 Å². The van der Waals surface area contributed by atoms with E-state index in [0.29, 0.717) is 39.0 Å². The minimum absolute atomic E-state index is 0.0199. The molecule has 1 aliphatic heterocycles. The van der Waals surface area contributed by atoms with Crippen molar-refractivity contribution in [3.05, 3.63) is 18.0 Å². The summed E-state index contributed by atoms with van der Waals surface area (Å²) in [6.07, 6.45) is -2.14. The van der Waals surface area contributed by atoms with Crippen LogP contribution < -0.4 is 4.90 Å². The Kier molecular flexibility index (Phi) is 5.14. The smallest absolute Gasteiger partial charge is 0.339 e. The van der Waals surface area contributed by atoms with Crippen molar-refractivity contribution in [1.29, 1.82) is 0 Å². The highest BCUT2D eigenvalue weighted by molar-refractivity contribution is 5.93. The van der Waals surface area contributed by atoms with Gasteiger partial charge in [-0.25, -0.2) is 9.97 Å². The van der Waals surface area contributed by atoms with Gasteiger partial charge in [-0.15, -0.1) is 0 Å². The highest BCUT2D eigenvalue weighted by Crippen LogP contribution is 2.44. The van der Waals surface area contributed by atoms with Crippen LogP contribution in [0.25, 0.3) is 0 Å². The molecule has 1 aliphatic carbocycles. The van der Waals surface area contributed by atoms with Gasteiger partial charge >= 0.3 is 6.18 Å². The summed E-state index contributed by atoms with van der Waals surface area (Å²) in [5.41, 5.74) is -1.62. The van der Waals surface area contributed by atoms with Crippen molar-refractivity contribution >= 4 is 17.6 Å². The number of halogens is 3. The predicted octanol–water partition coefficient (Wildman–Crippen LogP) is 2.54. The van der Waals surface area contributed by atoms with E-state index in [1.165, 1.54) is 0 Å². The van der Waals surface area contributed by atoms with E-state index in [0.717, 1.165) is 12.3 Å². The largest absolute Gasteiger partial charge is 0.433 e. The summed E-state index contributed by atoms with van der Waals surface area (Å²) in [4.78, 5) is 35.9. The van der Waals surface area contributed by atoms with Gasteiger partial charge < -0.3 is 9.80 Å². The monoisotopic (exact) mass is 384 g/mol. The van der Waals surface area contributed by atoms with E-state index in [-0.39, 0.29) is 30.0 Å². The lowest BCUT2D eigenvalue weighted by Crippen LogP contribution is -2.54. The van der Waals surface area contributed by atoms with Gasteiger partial charge in [-0.2, -0.15) is 13.2 Å². The van der Waals surface area contributed by atoms with Crippen LogP contribution in [0.1, 0.15) is 38.8 Å². The Hall–Kier alpha value is -2.19. The zero-order chi connectivity index (χ0) is 19.8. The number of hydrogen-bond donors (Lipinski definition) is 0. The molecule has 27 heavy (non-hydrogen) atoms.